The molecule has 150 valence electrons. The first kappa shape index (κ1) is 21.1. The number of benzene rings is 2. The van der Waals surface area contributed by atoms with Gasteiger partial charge >= 0.3 is 12.0 Å². The second-order valence-electron chi connectivity index (χ2n) is 5.83. The molecule has 0 radical (unpaired) electrons. The highest BCUT2D eigenvalue weighted by Crippen LogP contribution is 2.29. The average molecular weight is 386 g/mol. The van der Waals surface area contributed by atoms with Crippen molar-refractivity contribution in [1.82, 2.24) is 5.32 Å². The Morgan fingerprint density at radius 1 is 0.929 bits per heavy atom. The fraction of sp³-hybridized carbons (Fsp3) is 0.333. The van der Waals surface area contributed by atoms with Crippen LogP contribution in [0, 0.1) is 0 Å². The number of rotatable bonds is 9. The minimum Gasteiger partial charge on any atom is -0.490 e. The molecule has 0 unspecified atom stereocenters. The lowest BCUT2D eigenvalue weighted by molar-refractivity contribution is 0.0734. The van der Waals surface area contributed by atoms with Crippen LogP contribution in [-0.2, 0) is 0 Å². The quantitative estimate of drug-likeness (QED) is 0.497. The predicted octanol–water partition coefficient (Wildman–Crippen LogP) is 4.23. The van der Waals surface area contributed by atoms with Crippen LogP contribution in [0.2, 0.25) is 0 Å². The topological polar surface area (TPSA) is 85.9 Å². The molecule has 28 heavy (non-hydrogen) atoms. The van der Waals surface area contributed by atoms with Crippen LogP contribution in [0.4, 0.5) is 10.5 Å². The molecule has 0 aliphatic heterocycles. The Balaban J connectivity index is 2.09. The van der Waals surface area contributed by atoms with Crippen molar-refractivity contribution in [3.05, 3.63) is 48.0 Å². The molecule has 0 saturated carbocycles. The Morgan fingerprint density at radius 3 is 2.39 bits per heavy atom. The summed E-state index contributed by atoms with van der Waals surface area (Å²) in [5.41, 5.74) is 0.867. The monoisotopic (exact) mass is 386 g/mol. The first-order valence-electron chi connectivity index (χ1n) is 9.34. The zero-order chi connectivity index (χ0) is 20.4. The van der Waals surface area contributed by atoms with Crippen LogP contribution < -0.4 is 24.8 Å². The fourth-order valence-corrected chi connectivity index (χ4v) is 2.40. The van der Waals surface area contributed by atoms with Crippen molar-refractivity contribution in [1.29, 1.82) is 0 Å². The lowest BCUT2D eigenvalue weighted by Gasteiger charge is -2.12. The molecule has 0 aliphatic rings. The Bertz CT molecular complexity index is 807. The molecule has 2 aromatic carbocycles. The predicted molar refractivity (Wildman–Crippen MR) is 107 cm³/mol. The molecule has 0 aromatic heterocycles. The van der Waals surface area contributed by atoms with Gasteiger partial charge in [-0.1, -0.05) is 13.0 Å². The van der Waals surface area contributed by atoms with Gasteiger partial charge in [0.25, 0.3) is 0 Å². The third-order valence-electron chi connectivity index (χ3n) is 3.62. The summed E-state index contributed by atoms with van der Waals surface area (Å²) in [6.45, 7) is 7.23. The fourth-order valence-electron chi connectivity index (χ4n) is 2.40. The lowest BCUT2D eigenvalue weighted by atomic mass is 10.2. The summed E-state index contributed by atoms with van der Waals surface area (Å²) >= 11 is 0. The van der Waals surface area contributed by atoms with Crippen LogP contribution >= 0.6 is 0 Å². The van der Waals surface area contributed by atoms with E-state index in [1.54, 1.807) is 42.5 Å². The van der Waals surface area contributed by atoms with E-state index in [2.05, 4.69) is 10.6 Å². The van der Waals surface area contributed by atoms with Crippen molar-refractivity contribution in [2.75, 3.05) is 25.1 Å². The van der Waals surface area contributed by atoms with E-state index in [1.165, 1.54) is 0 Å². The Labute approximate surface area is 165 Å². The number of hydrogen-bond donors (Lipinski definition) is 2. The summed E-state index contributed by atoms with van der Waals surface area (Å²) in [7, 11) is 0. The van der Waals surface area contributed by atoms with Crippen molar-refractivity contribution >= 4 is 17.7 Å². The Hall–Kier alpha value is -3.22. The van der Waals surface area contributed by atoms with E-state index >= 15 is 0 Å². The van der Waals surface area contributed by atoms with Crippen LogP contribution in [0.25, 0.3) is 0 Å². The zero-order valence-corrected chi connectivity index (χ0v) is 16.4. The summed E-state index contributed by atoms with van der Waals surface area (Å²) in [4.78, 5) is 24.3. The van der Waals surface area contributed by atoms with E-state index in [9.17, 15) is 9.59 Å². The molecule has 0 fully saturated rings. The van der Waals surface area contributed by atoms with E-state index in [-0.39, 0.29) is 6.03 Å². The smallest absolute Gasteiger partial charge is 0.343 e. The number of anilines is 1. The third-order valence-corrected chi connectivity index (χ3v) is 3.62. The van der Waals surface area contributed by atoms with E-state index in [4.69, 9.17) is 14.2 Å². The lowest BCUT2D eigenvalue weighted by Crippen LogP contribution is -2.29. The maximum Gasteiger partial charge on any atom is 0.343 e. The Kier molecular flexibility index (Phi) is 8.14. The molecule has 0 bridgehead atoms. The van der Waals surface area contributed by atoms with E-state index in [1.807, 2.05) is 20.8 Å². The molecule has 0 heterocycles. The Morgan fingerprint density at radius 2 is 1.68 bits per heavy atom. The van der Waals surface area contributed by atoms with Gasteiger partial charge in [-0.2, -0.15) is 0 Å². The van der Waals surface area contributed by atoms with E-state index < -0.39 is 5.97 Å². The maximum absolute atomic E-state index is 12.5. The van der Waals surface area contributed by atoms with Gasteiger partial charge in [-0.3, -0.25) is 0 Å². The normalized spacial score (nSPS) is 10.1. The first-order valence-corrected chi connectivity index (χ1v) is 9.34. The molecule has 7 nitrogen and oxygen atoms in total. The highest BCUT2D eigenvalue weighted by atomic mass is 16.5. The number of urea groups is 1. The molecule has 0 aliphatic carbocycles. The van der Waals surface area contributed by atoms with Crippen LogP contribution in [0.5, 0.6) is 17.2 Å². The van der Waals surface area contributed by atoms with Gasteiger partial charge in [0.1, 0.15) is 5.75 Å². The standard InChI is InChI=1S/C21H26N2O5/c1-4-12-22-21(25)23-16-8-7-9-17(14-16)28-20(24)15-10-11-18(26-5-2)19(13-15)27-6-3/h7-11,13-14H,4-6,12H2,1-3H3,(H2,22,23,25). The minimum absolute atomic E-state index is 0.307. The highest BCUT2D eigenvalue weighted by molar-refractivity contribution is 5.92. The third kappa shape index (κ3) is 6.19. The second kappa shape index (κ2) is 10.8. The van der Waals surface area contributed by atoms with Gasteiger partial charge in [-0.25, -0.2) is 9.59 Å². The van der Waals surface area contributed by atoms with Crippen molar-refractivity contribution < 1.29 is 23.8 Å². The molecule has 2 rings (SSSR count). The number of hydrogen-bond acceptors (Lipinski definition) is 5. The number of amides is 2. The number of carbonyl (C=O) groups excluding carboxylic acids is 2. The number of esters is 1. The molecule has 2 N–H and O–H groups in total. The molecule has 2 amide bonds. The number of nitrogens with one attached hydrogen (secondary N) is 2. The van der Waals surface area contributed by atoms with E-state index in [0.29, 0.717) is 48.3 Å². The maximum atomic E-state index is 12.5. The van der Waals surface area contributed by atoms with Gasteiger partial charge in [0.15, 0.2) is 11.5 Å². The first-order chi connectivity index (χ1) is 13.6. The molecule has 0 atom stereocenters. The summed E-state index contributed by atoms with van der Waals surface area (Å²) in [5, 5.41) is 5.42. The molecular formula is C21H26N2O5. The van der Waals surface area contributed by atoms with Gasteiger partial charge in [0.05, 0.1) is 18.8 Å². The summed E-state index contributed by atoms with van der Waals surface area (Å²) in [6.07, 6.45) is 0.844. The molecule has 7 heteroatoms. The molecule has 0 saturated heterocycles. The average Bonchev–Trinajstić information content (AvgIpc) is 2.68. The van der Waals surface area contributed by atoms with Gasteiger partial charge in [-0.15, -0.1) is 0 Å². The van der Waals surface area contributed by atoms with Crippen LogP contribution in [-0.4, -0.2) is 31.8 Å². The van der Waals surface area contributed by atoms with Crippen molar-refractivity contribution in [3.63, 3.8) is 0 Å². The van der Waals surface area contributed by atoms with Gasteiger partial charge in [0, 0.05) is 18.3 Å². The molecule has 2 aromatic rings. The largest absolute Gasteiger partial charge is 0.490 e. The van der Waals surface area contributed by atoms with Crippen molar-refractivity contribution in [2.45, 2.75) is 27.2 Å². The van der Waals surface area contributed by atoms with Gasteiger partial charge in [-0.05, 0) is 50.6 Å². The number of ether oxygens (including phenoxy) is 3. The number of carbonyl (C=O) groups is 2. The van der Waals surface area contributed by atoms with Crippen LogP contribution in [0.15, 0.2) is 42.5 Å². The minimum atomic E-state index is -0.531. The van der Waals surface area contributed by atoms with Crippen LogP contribution in [0.1, 0.15) is 37.6 Å². The highest BCUT2D eigenvalue weighted by Gasteiger charge is 2.14. The summed E-state index contributed by atoms with van der Waals surface area (Å²) in [5.74, 6) is 0.855. The van der Waals surface area contributed by atoms with E-state index in [0.717, 1.165) is 6.42 Å². The summed E-state index contributed by atoms with van der Waals surface area (Å²) in [6, 6.07) is 11.2. The van der Waals surface area contributed by atoms with Crippen LogP contribution in [0.3, 0.4) is 0 Å². The van der Waals surface area contributed by atoms with Crippen molar-refractivity contribution in [2.24, 2.45) is 0 Å². The van der Waals surface area contributed by atoms with Crippen molar-refractivity contribution in [3.8, 4) is 17.2 Å². The molecular weight excluding hydrogens is 360 g/mol. The summed E-state index contributed by atoms with van der Waals surface area (Å²) < 4.78 is 16.5. The molecule has 0 spiro atoms. The van der Waals surface area contributed by atoms with Gasteiger partial charge in [0.2, 0.25) is 0 Å². The SMILES string of the molecule is CCCNC(=O)Nc1cccc(OC(=O)c2ccc(OCC)c(OCC)c2)c1. The second-order valence-corrected chi connectivity index (χ2v) is 5.83. The van der Waals surface area contributed by atoms with Gasteiger partial charge < -0.3 is 24.8 Å². The zero-order valence-electron chi connectivity index (χ0n) is 16.4.